The van der Waals surface area contributed by atoms with Crippen LogP contribution in [0.5, 0.6) is 0 Å². The number of hydrogen-bond donors (Lipinski definition) is 0. The van der Waals surface area contributed by atoms with Gasteiger partial charge in [0, 0.05) is 49.8 Å². The van der Waals surface area contributed by atoms with E-state index in [1.807, 2.05) is 24.3 Å². The Balaban J connectivity index is 1.46. The van der Waals surface area contributed by atoms with Gasteiger partial charge in [-0.2, -0.15) is 13.2 Å². The Morgan fingerprint density at radius 2 is 0.929 bits per heavy atom. The summed E-state index contributed by atoms with van der Waals surface area (Å²) in [5, 5.41) is 4.34. The Hall–Kier alpha value is -5.14. The SMILES string of the molecule is Cc1ccccc1N1c2cc(SC(F)(F)F)cc3c2B(c2ccc4cc(C(C)(C)C)ccc4c21)c1ccc2cc(C(C)(C)C)ccc2c1N3c1ccccc1C. The van der Waals surface area contributed by atoms with Crippen molar-refractivity contribution in [2.75, 3.05) is 9.80 Å². The molecule has 2 aliphatic rings. The molecule has 0 saturated carbocycles. The molecule has 0 N–H and O–H groups in total. The van der Waals surface area contributed by atoms with E-state index in [-0.39, 0.29) is 34.2 Å². The standard InChI is InChI=1S/C49H44BF3N2S/c1-29-13-9-11-15-40(29)54-42-27-35(56-49(51,52)53)28-43-44(42)50(38-23-17-31-25-33(47(3,4)5)19-21-36(31)45(38)54)39-24-18-32-26-34(48(6,7)8)20-22-37(32)46(39)55(43)41-16-12-10-14-30(41)2/h9-28H,1-8H3. The lowest BCUT2D eigenvalue weighted by Gasteiger charge is -2.45. The third-order valence-corrected chi connectivity index (χ3v) is 12.4. The summed E-state index contributed by atoms with van der Waals surface area (Å²) >= 11 is -0.0428. The summed E-state index contributed by atoms with van der Waals surface area (Å²) in [4.78, 5) is 4.65. The van der Waals surface area contributed by atoms with Crippen molar-refractivity contribution in [1.82, 2.24) is 0 Å². The van der Waals surface area contributed by atoms with Gasteiger partial charge in [0.25, 0.3) is 6.71 Å². The number of alkyl halides is 3. The molecule has 0 atom stereocenters. The van der Waals surface area contributed by atoms with Crippen LogP contribution in [0.3, 0.4) is 0 Å². The number of halogens is 3. The maximum absolute atomic E-state index is 14.6. The summed E-state index contributed by atoms with van der Waals surface area (Å²) in [6.45, 7) is 17.2. The van der Waals surface area contributed by atoms with E-state index >= 15 is 0 Å². The molecule has 2 nitrogen and oxygen atoms in total. The van der Waals surface area contributed by atoms with Gasteiger partial charge >= 0.3 is 5.51 Å². The van der Waals surface area contributed by atoms with E-state index in [9.17, 15) is 13.2 Å². The van der Waals surface area contributed by atoms with Gasteiger partial charge in [-0.1, -0.05) is 139 Å². The second kappa shape index (κ2) is 12.7. The lowest BCUT2D eigenvalue weighted by molar-refractivity contribution is -0.0328. The van der Waals surface area contributed by atoms with Gasteiger partial charge in [0.15, 0.2) is 0 Å². The van der Waals surface area contributed by atoms with Crippen LogP contribution in [0, 0.1) is 13.8 Å². The van der Waals surface area contributed by atoms with Crippen molar-refractivity contribution in [2.45, 2.75) is 76.6 Å². The first-order chi connectivity index (χ1) is 26.5. The molecule has 9 rings (SSSR count). The molecule has 0 saturated heterocycles. The number of nitrogens with zero attached hydrogens (tertiary/aromatic N) is 2. The van der Waals surface area contributed by atoms with E-state index < -0.39 is 5.51 Å². The van der Waals surface area contributed by atoms with Crippen molar-refractivity contribution in [2.24, 2.45) is 0 Å². The van der Waals surface area contributed by atoms with Crippen molar-refractivity contribution in [3.8, 4) is 0 Å². The number of para-hydroxylation sites is 2. The van der Waals surface area contributed by atoms with Crippen LogP contribution in [-0.4, -0.2) is 12.2 Å². The molecule has 7 aromatic carbocycles. The van der Waals surface area contributed by atoms with Gasteiger partial charge in [0.1, 0.15) is 0 Å². The van der Waals surface area contributed by atoms with Crippen molar-refractivity contribution in [3.05, 3.63) is 144 Å². The summed E-state index contributed by atoms with van der Waals surface area (Å²) in [5.74, 6) is 0. The highest BCUT2D eigenvalue weighted by molar-refractivity contribution is 8.00. The van der Waals surface area contributed by atoms with E-state index in [4.69, 9.17) is 0 Å². The zero-order valence-electron chi connectivity index (χ0n) is 33.1. The number of aryl methyl sites for hydroxylation is 2. The minimum Gasteiger partial charge on any atom is -0.311 e. The molecule has 0 aromatic heterocycles. The number of rotatable bonds is 3. The van der Waals surface area contributed by atoms with E-state index in [0.29, 0.717) is 0 Å². The van der Waals surface area contributed by atoms with Crippen LogP contribution >= 0.6 is 11.8 Å². The van der Waals surface area contributed by atoms with Gasteiger partial charge in [0.2, 0.25) is 0 Å². The Bertz CT molecular complexity index is 2560. The summed E-state index contributed by atoms with van der Waals surface area (Å²) < 4.78 is 43.7. The lowest BCUT2D eigenvalue weighted by Crippen LogP contribution is -2.61. The molecule has 7 aromatic rings. The van der Waals surface area contributed by atoms with Crippen molar-refractivity contribution >= 4 is 90.5 Å². The molecule has 0 fully saturated rings. The highest BCUT2D eigenvalue weighted by Crippen LogP contribution is 2.51. The largest absolute Gasteiger partial charge is 0.446 e. The maximum atomic E-state index is 14.6. The zero-order chi connectivity index (χ0) is 39.5. The average molecular weight is 761 g/mol. The van der Waals surface area contributed by atoms with Crippen LogP contribution in [0.1, 0.15) is 63.8 Å². The van der Waals surface area contributed by atoms with Gasteiger partial charge in [-0.25, -0.2) is 0 Å². The van der Waals surface area contributed by atoms with Crippen LogP contribution in [-0.2, 0) is 10.8 Å². The first-order valence-corrected chi connectivity index (χ1v) is 20.1. The molecule has 56 heavy (non-hydrogen) atoms. The number of thioether (sulfide) groups is 1. The predicted molar refractivity (Wildman–Crippen MR) is 234 cm³/mol. The minimum absolute atomic E-state index is 0.0428. The molecule has 2 heterocycles. The molecular weight excluding hydrogens is 716 g/mol. The van der Waals surface area contributed by atoms with E-state index in [2.05, 4.69) is 150 Å². The van der Waals surface area contributed by atoms with Gasteiger partial charge in [-0.15, -0.1) is 0 Å². The quantitative estimate of drug-likeness (QED) is 0.131. The number of benzene rings is 7. The predicted octanol–water partition coefficient (Wildman–Crippen LogP) is 12.9. The van der Waals surface area contributed by atoms with Gasteiger partial charge < -0.3 is 9.80 Å². The minimum atomic E-state index is -4.48. The first-order valence-electron chi connectivity index (χ1n) is 19.3. The van der Waals surface area contributed by atoms with Crippen LogP contribution in [0.25, 0.3) is 21.5 Å². The molecule has 2 aliphatic heterocycles. The fourth-order valence-electron chi connectivity index (χ4n) is 8.86. The number of hydrogen-bond acceptors (Lipinski definition) is 3. The Morgan fingerprint density at radius 1 is 0.500 bits per heavy atom. The highest BCUT2D eigenvalue weighted by atomic mass is 32.2. The van der Waals surface area contributed by atoms with E-state index in [1.54, 1.807) is 12.1 Å². The summed E-state index contributed by atoms with van der Waals surface area (Å²) in [6.07, 6.45) is 0. The lowest BCUT2D eigenvalue weighted by atomic mass is 9.33. The molecule has 0 spiro atoms. The van der Waals surface area contributed by atoms with Crippen LogP contribution < -0.4 is 26.2 Å². The maximum Gasteiger partial charge on any atom is 0.446 e. The first kappa shape index (κ1) is 36.5. The Labute approximate surface area is 332 Å². The third-order valence-electron chi connectivity index (χ3n) is 11.7. The second-order valence-corrected chi connectivity index (χ2v) is 18.6. The van der Waals surface area contributed by atoms with Gasteiger partial charge in [-0.05, 0) is 110 Å². The molecule has 7 heteroatoms. The Morgan fingerprint density at radius 3 is 1.32 bits per heavy atom. The zero-order valence-corrected chi connectivity index (χ0v) is 33.9. The van der Waals surface area contributed by atoms with Crippen LogP contribution in [0.4, 0.5) is 47.3 Å². The van der Waals surface area contributed by atoms with Crippen LogP contribution in [0.2, 0.25) is 0 Å². The molecule has 0 amide bonds. The number of fused-ring (bicyclic) bond motifs is 8. The van der Waals surface area contributed by atoms with E-state index in [1.165, 1.54) is 11.1 Å². The topological polar surface area (TPSA) is 6.48 Å². The second-order valence-electron chi connectivity index (χ2n) is 17.5. The molecule has 0 bridgehead atoms. The van der Waals surface area contributed by atoms with Crippen molar-refractivity contribution in [1.29, 1.82) is 0 Å². The third kappa shape index (κ3) is 5.89. The summed E-state index contributed by atoms with van der Waals surface area (Å²) in [6, 6.07) is 42.4. The van der Waals surface area contributed by atoms with Crippen LogP contribution in [0.15, 0.2) is 126 Å². The average Bonchev–Trinajstić information content (AvgIpc) is 3.13. The molecule has 0 radical (unpaired) electrons. The molecule has 280 valence electrons. The Kier molecular flexibility index (Phi) is 8.27. The molecular formula is C49H44BF3N2S. The molecule has 0 unspecified atom stereocenters. The highest BCUT2D eigenvalue weighted by Gasteiger charge is 2.46. The smallest absolute Gasteiger partial charge is 0.311 e. The monoisotopic (exact) mass is 760 g/mol. The summed E-state index contributed by atoms with van der Waals surface area (Å²) in [5.41, 5.74) is 8.63. The van der Waals surface area contributed by atoms with Gasteiger partial charge in [0.05, 0.1) is 0 Å². The van der Waals surface area contributed by atoms with Gasteiger partial charge in [-0.3, -0.25) is 0 Å². The van der Waals surface area contributed by atoms with Crippen molar-refractivity contribution in [3.63, 3.8) is 0 Å². The normalized spacial score (nSPS) is 13.9. The fourth-order valence-corrected chi connectivity index (χ4v) is 9.47. The fraction of sp³-hybridized carbons (Fsp3) is 0.224. The number of anilines is 6. The summed E-state index contributed by atoms with van der Waals surface area (Å²) in [7, 11) is 0. The molecule has 0 aliphatic carbocycles. The van der Waals surface area contributed by atoms with E-state index in [0.717, 1.165) is 83.2 Å². The van der Waals surface area contributed by atoms with Crippen molar-refractivity contribution < 1.29 is 13.2 Å².